The van der Waals surface area contributed by atoms with Gasteiger partial charge in [0.15, 0.2) is 0 Å². The summed E-state index contributed by atoms with van der Waals surface area (Å²) >= 11 is 3.22. The Morgan fingerprint density at radius 3 is 2.62 bits per heavy atom. The van der Waals surface area contributed by atoms with E-state index in [4.69, 9.17) is 4.74 Å². The van der Waals surface area contributed by atoms with Gasteiger partial charge in [0.05, 0.1) is 13.0 Å². The van der Waals surface area contributed by atoms with Crippen LogP contribution in [0, 0.1) is 0 Å². The third-order valence-corrected chi connectivity index (χ3v) is 3.47. The van der Waals surface area contributed by atoms with Crippen molar-refractivity contribution >= 4 is 27.7 Å². The SMILES string of the molecule is COc1cccc(C2C(=O)NC(=O)C2Br)c1. The van der Waals surface area contributed by atoms with Crippen molar-refractivity contribution < 1.29 is 14.3 Å². The number of nitrogens with one attached hydrogen (secondary N) is 1. The van der Waals surface area contributed by atoms with Crippen LogP contribution in [-0.2, 0) is 9.59 Å². The van der Waals surface area contributed by atoms with Crippen LogP contribution < -0.4 is 10.1 Å². The highest BCUT2D eigenvalue weighted by Crippen LogP contribution is 2.31. The first-order chi connectivity index (χ1) is 7.63. The second-order valence-electron chi connectivity index (χ2n) is 3.51. The van der Waals surface area contributed by atoms with E-state index in [2.05, 4.69) is 21.2 Å². The molecule has 1 fully saturated rings. The van der Waals surface area contributed by atoms with E-state index in [9.17, 15) is 9.59 Å². The molecule has 0 aromatic heterocycles. The number of rotatable bonds is 2. The molecular weight excluding hydrogens is 274 g/mol. The summed E-state index contributed by atoms with van der Waals surface area (Å²) in [6, 6.07) is 7.15. The summed E-state index contributed by atoms with van der Waals surface area (Å²) in [5.41, 5.74) is 0.768. The first-order valence-electron chi connectivity index (χ1n) is 4.76. The second-order valence-corrected chi connectivity index (χ2v) is 4.50. The fourth-order valence-corrected chi connectivity index (χ4v) is 2.37. The van der Waals surface area contributed by atoms with Gasteiger partial charge in [0.25, 0.3) is 0 Å². The predicted octanol–water partition coefficient (Wildman–Crippen LogP) is 1.20. The van der Waals surface area contributed by atoms with Gasteiger partial charge in [-0.05, 0) is 17.7 Å². The number of carbonyl (C=O) groups is 2. The third kappa shape index (κ3) is 1.82. The molecule has 2 unspecified atom stereocenters. The van der Waals surface area contributed by atoms with Crippen molar-refractivity contribution in [2.24, 2.45) is 0 Å². The van der Waals surface area contributed by atoms with E-state index < -0.39 is 10.7 Å². The van der Waals surface area contributed by atoms with Gasteiger partial charge in [-0.3, -0.25) is 14.9 Å². The average molecular weight is 284 g/mol. The zero-order valence-electron chi connectivity index (χ0n) is 8.57. The van der Waals surface area contributed by atoms with Gasteiger partial charge in [-0.25, -0.2) is 0 Å². The van der Waals surface area contributed by atoms with E-state index in [0.29, 0.717) is 5.75 Å². The number of alkyl halides is 1. The number of halogens is 1. The van der Waals surface area contributed by atoms with Crippen molar-refractivity contribution in [3.05, 3.63) is 29.8 Å². The first kappa shape index (κ1) is 11.1. The monoisotopic (exact) mass is 283 g/mol. The van der Waals surface area contributed by atoms with Crippen LogP contribution in [0.5, 0.6) is 5.75 Å². The van der Waals surface area contributed by atoms with Gasteiger partial charge in [0.2, 0.25) is 11.8 Å². The molecule has 1 saturated heterocycles. The lowest BCUT2D eigenvalue weighted by atomic mass is 9.97. The highest BCUT2D eigenvalue weighted by molar-refractivity contribution is 9.10. The molecule has 16 heavy (non-hydrogen) atoms. The van der Waals surface area contributed by atoms with Crippen LogP contribution >= 0.6 is 15.9 Å². The fourth-order valence-electron chi connectivity index (χ4n) is 1.71. The highest BCUT2D eigenvalue weighted by Gasteiger charge is 2.40. The van der Waals surface area contributed by atoms with E-state index in [1.54, 1.807) is 31.4 Å². The second kappa shape index (κ2) is 4.25. The molecule has 0 saturated carbocycles. The van der Waals surface area contributed by atoms with Crippen LogP contribution in [0.25, 0.3) is 0 Å². The molecule has 4 nitrogen and oxygen atoms in total. The number of carbonyl (C=O) groups excluding carboxylic acids is 2. The standard InChI is InChI=1S/C11H10BrNO3/c1-16-7-4-2-3-6(5-7)8-9(12)11(15)13-10(8)14/h2-5,8-9H,1H3,(H,13,14,15). The molecule has 2 rings (SSSR count). The molecular formula is C11H10BrNO3. The largest absolute Gasteiger partial charge is 0.497 e. The summed E-state index contributed by atoms with van der Waals surface area (Å²) in [5, 5.41) is 2.29. The van der Waals surface area contributed by atoms with Gasteiger partial charge in [0, 0.05) is 0 Å². The Bertz CT molecular complexity index is 447. The smallest absolute Gasteiger partial charge is 0.241 e. The molecule has 1 aliphatic heterocycles. The van der Waals surface area contributed by atoms with Gasteiger partial charge >= 0.3 is 0 Å². The zero-order valence-corrected chi connectivity index (χ0v) is 10.2. The molecule has 2 amide bonds. The Labute approximate surface area is 101 Å². The van der Waals surface area contributed by atoms with Crippen molar-refractivity contribution in [2.75, 3.05) is 7.11 Å². The maximum atomic E-state index is 11.6. The molecule has 5 heteroatoms. The van der Waals surface area contributed by atoms with Crippen molar-refractivity contribution in [2.45, 2.75) is 10.7 Å². The summed E-state index contributed by atoms with van der Waals surface area (Å²) in [4.78, 5) is 22.4. The Morgan fingerprint density at radius 2 is 2.06 bits per heavy atom. The quantitative estimate of drug-likeness (QED) is 0.656. The molecule has 1 heterocycles. The fraction of sp³-hybridized carbons (Fsp3) is 0.273. The number of ether oxygens (including phenoxy) is 1. The zero-order chi connectivity index (χ0) is 11.7. The van der Waals surface area contributed by atoms with E-state index in [0.717, 1.165) is 5.56 Å². The van der Waals surface area contributed by atoms with Gasteiger partial charge in [-0.2, -0.15) is 0 Å². The van der Waals surface area contributed by atoms with Crippen LogP contribution in [-0.4, -0.2) is 23.8 Å². The number of hydrogen-bond acceptors (Lipinski definition) is 3. The highest BCUT2D eigenvalue weighted by atomic mass is 79.9. The van der Waals surface area contributed by atoms with Gasteiger partial charge in [-0.1, -0.05) is 28.1 Å². The minimum Gasteiger partial charge on any atom is -0.497 e. The summed E-state index contributed by atoms with van der Waals surface area (Å²) < 4.78 is 5.08. The summed E-state index contributed by atoms with van der Waals surface area (Å²) in [6.45, 7) is 0. The molecule has 1 aliphatic rings. The number of benzene rings is 1. The van der Waals surface area contributed by atoms with Crippen molar-refractivity contribution in [3.63, 3.8) is 0 Å². The minimum absolute atomic E-state index is 0.278. The van der Waals surface area contributed by atoms with Crippen LogP contribution in [0.15, 0.2) is 24.3 Å². The Balaban J connectivity index is 2.36. The molecule has 84 valence electrons. The average Bonchev–Trinajstić information content (AvgIpc) is 2.53. The molecule has 1 N–H and O–H groups in total. The molecule has 1 aromatic carbocycles. The van der Waals surface area contributed by atoms with E-state index >= 15 is 0 Å². The van der Waals surface area contributed by atoms with Gasteiger partial charge < -0.3 is 4.74 Å². The minimum atomic E-state index is -0.507. The predicted molar refractivity (Wildman–Crippen MR) is 61.6 cm³/mol. The first-order valence-corrected chi connectivity index (χ1v) is 5.68. The number of amides is 2. The number of methoxy groups -OCH3 is 1. The van der Waals surface area contributed by atoms with E-state index in [-0.39, 0.29) is 11.8 Å². The van der Waals surface area contributed by atoms with Crippen LogP contribution in [0.2, 0.25) is 0 Å². The molecule has 0 aliphatic carbocycles. The number of hydrogen-bond donors (Lipinski definition) is 1. The lowest BCUT2D eigenvalue weighted by Gasteiger charge is -2.11. The van der Waals surface area contributed by atoms with E-state index in [1.807, 2.05) is 0 Å². The van der Waals surface area contributed by atoms with Crippen molar-refractivity contribution in [3.8, 4) is 5.75 Å². The van der Waals surface area contributed by atoms with Crippen molar-refractivity contribution in [1.29, 1.82) is 0 Å². The van der Waals surface area contributed by atoms with Crippen LogP contribution in [0.4, 0.5) is 0 Å². The van der Waals surface area contributed by atoms with E-state index in [1.165, 1.54) is 0 Å². The van der Waals surface area contributed by atoms with Crippen LogP contribution in [0.3, 0.4) is 0 Å². The van der Waals surface area contributed by atoms with Gasteiger partial charge in [0.1, 0.15) is 10.6 Å². The lowest BCUT2D eigenvalue weighted by molar-refractivity contribution is -0.125. The number of imide groups is 1. The lowest BCUT2D eigenvalue weighted by Crippen LogP contribution is -2.22. The maximum absolute atomic E-state index is 11.6. The normalized spacial score (nSPS) is 24.4. The van der Waals surface area contributed by atoms with Crippen molar-refractivity contribution in [1.82, 2.24) is 5.32 Å². The summed E-state index contributed by atoms with van der Waals surface area (Å²) in [7, 11) is 1.56. The topological polar surface area (TPSA) is 55.4 Å². The molecule has 0 bridgehead atoms. The Morgan fingerprint density at radius 1 is 1.31 bits per heavy atom. The maximum Gasteiger partial charge on any atom is 0.241 e. The van der Waals surface area contributed by atoms with Crippen LogP contribution in [0.1, 0.15) is 11.5 Å². The molecule has 0 radical (unpaired) electrons. The Hall–Kier alpha value is -1.36. The Kier molecular flexibility index (Phi) is 2.96. The molecule has 0 spiro atoms. The molecule has 2 atom stereocenters. The summed E-state index contributed by atoms with van der Waals surface area (Å²) in [6.07, 6.45) is 0. The molecule has 1 aromatic rings. The third-order valence-electron chi connectivity index (χ3n) is 2.52. The summed E-state index contributed by atoms with van der Waals surface area (Å²) in [5.74, 6) is -0.384. The van der Waals surface area contributed by atoms with Gasteiger partial charge in [-0.15, -0.1) is 0 Å².